The quantitative estimate of drug-likeness (QED) is 0.362. The van der Waals surface area contributed by atoms with Gasteiger partial charge in [-0.05, 0) is 43.2 Å². The van der Waals surface area contributed by atoms with Crippen molar-refractivity contribution >= 4 is 28.3 Å². The fourth-order valence-corrected chi connectivity index (χ4v) is 5.15. The summed E-state index contributed by atoms with van der Waals surface area (Å²) in [7, 11) is 0. The number of carbonyl (C=O) groups excluding carboxylic acids is 1. The van der Waals surface area contributed by atoms with E-state index < -0.39 is 11.6 Å². The van der Waals surface area contributed by atoms with Gasteiger partial charge in [0.2, 0.25) is 0 Å². The van der Waals surface area contributed by atoms with E-state index in [-0.39, 0.29) is 11.5 Å². The fourth-order valence-electron chi connectivity index (χ4n) is 5.15. The second-order valence-electron chi connectivity index (χ2n) is 9.67. The number of carbonyl (C=O) groups is 1. The molecule has 2 N–H and O–H groups in total. The number of benzene rings is 2. The number of aromatic amines is 1. The lowest BCUT2D eigenvalue weighted by molar-refractivity contribution is 0.0840. The molecule has 2 saturated heterocycles. The zero-order valence-corrected chi connectivity index (χ0v) is 21.2. The lowest BCUT2D eigenvalue weighted by Gasteiger charge is -2.36. The molecule has 2 fully saturated rings. The Kier molecular flexibility index (Phi) is 6.97. The van der Waals surface area contributed by atoms with Crippen LogP contribution in [-0.2, 0) is 4.74 Å². The van der Waals surface area contributed by atoms with Crippen LogP contribution >= 0.6 is 0 Å². The summed E-state index contributed by atoms with van der Waals surface area (Å²) in [5.41, 5.74) is 2.44. The number of urea groups is 1. The standard InChI is InChI=1S/C28H28F2N6O3/c29-19-13-22-24(15-32-27(22)23(30)14-19)34-28(37)36-9-7-35(8-10-36)20-1-3-21(4-2-20)39-25-16-31-17-33-26(25)18-5-11-38-12-6-18/h1-4,13-18,32H,5-12H2,(H,34,37). The number of fused-ring (bicyclic) bond motifs is 1. The molecule has 6 rings (SSSR count). The van der Waals surface area contributed by atoms with Gasteiger partial charge in [-0.3, -0.25) is 0 Å². The molecule has 2 aromatic heterocycles. The van der Waals surface area contributed by atoms with Crippen LogP contribution in [0.15, 0.2) is 55.1 Å². The van der Waals surface area contributed by atoms with E-state index in [0.29, 0.717) is 54.7 Å². The van der Waals surface area contributed by atoms with Crippen molar-refractivity contribution in [3.8, 4) is 11.5 Å². The van der Waals surface area contributed by atoms with Crippen LogP contribution in [-0.4, -0.2) is 65.3 Å². The highest BCUT2D eigenvalue weighted by atomic mass is 19.1. The number of nitrogens with one attached hydrogen (secondary N) is 2. The number of rotatable bonds is 5. The molecule has 0 atom stereocenters. The minimum Gasteiger partial charge on any atom is -0.454 e. The van der Waals surface area contributed by atoms with Crippen molar-refractivity contribution < 1.29 is 23.0 Å². The first kappa shape index (κ1) is 25.1. The predicted molar refractivity (Wildman–Crippen MR) is 142 cm³/mol. The molecule has 0 unspecified atom stereocenters. The second-order valence-corrected chi connectivity index (χ2v) is 9.67. The molecule has 2 amide bonds. The highest BCUT2D eigenvalue weighted by Crippen LogP contribution is 2.34. The first-order chi connectivity index (χ1) is 19.0. The first-order valence-corrected chi connectivity index (χ1v) is 13.0. The zero-order valence-electron chi connectivity index (χ0n) is 21.2. The van der Waals surface area contributed by atoms with Crippen LogP contribution in [0, 0.1) is 11.6 Å². The Hall–Kier alpha value is -4.25. The topological polar surface area (TPSA) is 95.6 Å². The Labute approximate surface area is 223 Å². The number of aromatic nitrogens is 3. The SMILES string of the molecule is O=C(Nc1c[nH]c2c(F)cc(F)cc12)N1CCN(c2ccc(Oc3cncnc3C3CCOCC3)cc2)CC1. The maximum absolute atomic E-state index is 14.0. The molecule has 4 aromatic rings. The zero-order chi connectivity index (χ0) is 26.8. The smallest absolute Gasteiger partial charge is 0.322 e. The van der Waals surface area contributed by atoms with E-state index in [9.17, 15) is 13.6 Å². The van der Waals surface area contributed by atoms with Crippen LogP contribution in [0.25, 0.3) is 10.9 Å². The van der Waals surface area contributed by atoms with Gasteiger partial charge in [-0.2, -0.15) is 0 Å². The highest BCUT2D eigenvalue weighted by Gasteiger charge is 2.24. The van der Waals surface area contributed by atoms with Crippen LogP contribution < -0.4 is 15.0 Å². The molecule has 0 radical (unpaired) electrons. The number of anilines is 2. The summed E-state index contributed by atoms with van der Waals surface area (Å²) < 4.78 is 39.3. The van der Waals surface area contributed by atoms with Crippen LogP contribution in [0.3, 0.4) is 0 Å². The molecule has 39 heavy (non-hydrogen) atoms. The number of hydrogen-bond donors (Lipinski definition) is 2. The van der Waals surface area contributed by atoms with E-state index in [0.717, 1.165) is 43.5 Å². The van der Waals surface area contributed by atoms with Crippen molar-refractivity contribution in [3.63, 3.8) is 0 Å². The van der Waals surface area contributed by atoms with Crippen molar-refractivity contribution in [3.05, 3.63) is 72.4 Å². The van der Waals surface area contributed by atoms with Crippen LogP contribution in [0.1, 0.15) is 24.5 Å². The largest absolute Gasteiger partial charge is 0.454 e. The summed E-state index contributed by atoms with van der Waals surface area (Å²) in [6.45, 7) is 3.74. The van der Waals surface area contributed by atoms with E-state index in [1.165, 1.54) is 12.3 Å². The van der Waals surface area contributed by atoms with Gasteiger partial charge in [-0.25, -0.2) is 23.5 Å². The molecule has 2 aliphatic rings. The maximum atomic E-state index is 14.0. The van der Waals surface area contributed by atoms with Gasteiger partial charge in [-0.15, -0.1) is 0 Å². The number of halogens is 2. The molecule has 0 bridgehead atoms. The number of nitrogens with zero attached hydrogens (tertiary/aromatic N) is 4. The third-order valence-corrected chi connectivity index (χ3v) is 7.26. The number of H-pyrrole nitrogens is 1. The van der Waals surface area contributed by atoms with Crippen molar-refractivity contribution in [2.24, 2.45) is 0 Å². The molecule has 0 spiro atoms. The average molecular weight is 535 g/mol. The molecule has 2 aliphatic heterocycles. The summed E-state index contributed by atoms with van der Waals surface area (Å²) >= 11 is 0. The summed E-state index contributed by atoms with van der Waals surface area (Å²) in [5, 5.41) is 3.07. The Balaban J connectivity index is 1.06. The monoisotopic (exact) mass is 534 g/mol. The predicted octanol–water partition coefficient (Wildman–Crippen LogP) is 5.28. The summed E-state index contributed by atoms with van der Waals surface area (Å²) in [6, 6.07) is 9.54. The first-order valence-electron chi connectivity index (χ1n) is 13.0. The number of piperazine rings is 1. The van der Waals surface area contributed by atoms with Gasteiger partial charge < -0.3 is 29.6 Å². The summed E-state index contributed by atoms with van der Waals surface area (Å²) in [5.74, 6) is 0.260. The van der Waals surface area contributed by atoms with E-state index in [1.807, 2.05) is 24.3 Å². The van der Waals surface area contributed by atoms with E-state index in [4.69, 9.17) is 9.47 Å². The van der Waals surface area contributed by atoms with Crippen LogP contribution in [0.4, 0.5) is 25.0 Å². The maximum Gasteiger partial charge on any atom is 0.322 e. The Bertz CT molecular complexity index is 1460. The molecular weight excluding hydrogens is 506 g/mol. The molecule has 202 valence electrons. The Morgan fingerprint density at radius 3 is 2.62 bits per heavy atom. The van der Waals surface area contributed by atoms with Crippen molar-refractivity contribution in [1.29, 1.82) is 0 Å². The van der Waals surface area contributed by atoms with Crippen LogP contribution in [0.5, 0.6) is 11.5 Å². The fraction of sp³-hybridized carbons (Fsp3) is 0.321. The second kappa shape index (κ2) is 10.9. The van der Waals surface area contributed by atoms with Crippen molar-refractivity contribution in [1.82, 2.24) is 19.9 Å². The lowest BCUT2D eigenvalue weighted by Crippen LogP contribution is -2.50. The average Bonchev–Trinajstić information content (AvgIpc) is 3.37. The molecule has 11 heteroatoms. The van der Waals surface area contributed by atoms with Crippen LogP contribution in [0.2, 0.25) is 0 Å². The molecule has 0 saturated carbocycles. The Morgan fingerprint density at radius 2 is 1.85 bits per heavy atom. The number of hydrogen-bond acceptors (Lipinski definition) is 6. The van der Waals surface area contributed by atoms with Gasteiger partial charge in [-0.1, -0.05) is 0 Å². The molecule has 0 aliphatic carbocycles. The molecule has 9 nitrogen and oxygen atoms in total. The van der Waals surface area contributed by atoms with E-state index in [1.54, 1.807) is 17.4 Å². The van der Waals surface area contributed by atoms with Gasteiger partial charge in [0, 0.05) is 68.6 Å². The number of amides is 2. The third-order valence-electron chi connectivity index (χ3n) is 7.26. The molecule has 2 aromatic carbocycles. The Morgan fingerprint density at radius 1 is 1.08 bits per heavy atom. The normalized spacial score (nSPS) is 16.5. The van der Waals surface area contributed by atoms with Gasteiger partial charge in [0.15, 0.2) is 5.75 Å². The van der Waals surface area contributed by atoms with Gasteiger partial charge >= 0.3 is 6.03 Å². The van der Waals surface area contributed by atoms with Crippen molar-refractivity contribution in [2.45, 2.75) is 18.8 Å². The minimum atomic E-state index is -0.701. The van der Waals surface area contributed by atoms with Crippen molar-refractivity contribution in [2.75, 3.05) is 49.6 Å². The van der Waals surface area contributed by atoms with E-state index in [2.05, 4.69) is 25.2 Å². The van der Waals surface area contributed by atoms with Gasteiger partial charge in [0.1, 0.15) is 23.7 Å². The number of ether oxygens (including phenoxy) is 2. The third kappa shape index (κ3) is 5.35. The van der Waals surface area contributed by atoms with E-state index >= 15 is 0 Å². The molecular formula is C28H28F2N6O3. The van der Waals surface area contributed by atoms with Gasteiger partial charge in [0.25, 0.3) is 0 Å². The minimum absolute atomic E-state index is 0.156. The highest BCUT2D eigenvalue weighted by molar-refractivity contribution is 6.01. The van der Waals surface area contributed by atoms with Gasteiger partial charge in [0.05, 0.1) is 23.1 Å². The summed E-state index contributed by atoms with van der Waals surface area (Å²) in [4.78, 5) is 28.1. The molecule has 4 heterocycles. The summed E-state index contributed by atoms with van der Waals surface area (Å²) in [6.07, 6.45) is 6.56. The lowest BCUT2D eigenvalue weighted by atomic mass is 9.96.